The molecule has 0 aliphatic carbocycles. The molecule has 0 aromatic heterocycles. The van der Waals surface area contributed by atoms with Crippen LogP contribution in [0.1, 0.15) is 58.1 Å². The summed E-state index contributed by atoms with van der Waals surface area (Å²) in [4.78, 5) is 47.1. The van der Waals surface area contributed by atoms with E-state index in [1.165, 1.54) is 52.7 Å². The Morgan fingerprint density at radius 3 is 1.00 bits per heavy atom. The van der Waals surface area contributed by atoms with Gasteiger partial charge in [-0.3, -0.25) is 23.7 Å². The SMILES string of the molecule is COc1cc(C=O)ccc1OP(Oc1ccc(C=O)cc1OC)Oc1ccccc1C(OP(Oc1ccc(C=O)cc1OC)Oc1ccc(C=O)cc1OC)(c1ccccc1)c1ccccc1. The second-order valence-corrected chi connectivity index (χ2v) is 16.0. The van der Waals surface area contributed by atoms with Crippen molar-refractivity contribution in [3.63, 3.8) is 0 Å². The van der Waals surface area contributed by atoms with Crippen LogP contribution in [-0.2, 0) is 10.1 Å². The molecular formula is C51H42O14P2. The van der Waals surface area contributed by atoms with Crippen molar-refractivity contribution >= 4 is 42.3 Å². The van der Waals surface area contributed by atoms with E-state index in [9.17, 15) is 19.2 Å². The molecule has 67 heavy (non-hydrogen) atoms. The number of aldehydes is 4. The van der Waals surface area contributed by atoms with Gasteiger partial charge in [-0.1, -0.05) is 78.9 Å². The van der Waals surface area contributed by atoms with Crippen LogP contribution in [-0.4, -0.2) is 53.6 Å². The van der Waals surface area contributed by atoms with Gasteiger partial charge in [-0.15, -0.1) is 0 Å². The van der Waals surface area contributed by atoms with E-state index in [0.29, 0.717) is 64.1 Å². The molecule has 0 fully saturated rings. The average molecular weight is 941 g/mol. The second kappa shape index (κ2) is 22.4. The molecule has 14 nitrogen and oxygen atoms in total. The van der Waals surface area contributed by atoms with Crippen LogP contribution in [0.4, 0.5) is 0 Å². The monoisotopic (exact) mass is 940 g/mol. The van der Waals surface area contributed by atoms with E-state index in [4.69, 9.17) is 46.1 Å². The van der Waals surface area contributed by atoms with E-state index < -0.39 is 22.8 Å². The minimum absolute atomic E-state index is 0.177. The van der Waals surface area contributed by atoms with E-state index >= 15 is 0 Å². The van der Waals surface area contributed by atoms with Crippen molar-refractivity contribution in [2.45, 2.75) is 5.60 Å². The van der Waals surface area contributed by atoms with Crippen LogP contribution in [0, 0.1) is 0 Å². The predicted molar refractivity (Wildman–Crippen MR) is 251 cm³/mol. The highest BCUT2D eigenvalue weighted by Gasteiger charge is 2.46. The lowest BCUT2D eigenvalue weighted by molar-refractivity contribution is 0.111. The van der Waals surface area contributed by atoms with Crippen molar-refractivity contribution in [2.24, 2.45) is 0 Å². The smallest absolute Gasteiger partial charge is 0.493 e. The molecule has 0 saturated heterocycles. The molecule has 0 amide bonds. The third kappa shape index (κ3) is 10.9. The summed E-state index contributed by atoms with van der Waals surface area (Å²) in [6.45, 7) is 0. The van der Waals surface area contributed by atoms with Gasteiger partial charge < -0.3 is 41.6 Å². The molecule has 340 valence electrons. The first kappa shape index (κ1) is 47.2. The lowest BCUT2D eigenvalue weighted by Gasteiger charge is -2.38. The van der Waals surface area contributed by atoms with Crippen molar-refractivity contribution in [1.82, 2.24) is 0 Å². The molecule has 0 aliphatic rings. The molecule has 16 heteroatoms. The van der Waals surface area contributed by atoms with Gasteiger partial charge in [-0.25, -0.2) is 0 Å². The molecule has 0 atom stereocenters. The quantitative estimate of drug-likeness (QED) is 0.0338. The van der Waals surface area contributed by atoms with Gasteiger partial charge >= 0.3 is 17.2 Å². The molecule has 0 unspecified atom stereocenters. The minimum atomic E-state index is -2.62. The predicted octanol–water partition coefficient (Wildman–Crippen LogP) is 11.4. The molecule has 0 bridgehead atoms. The van der Waals surface area contributed by atoms with Gasteiger partial charge in [0.1, 0.15) is 30.9 Å². The Balaban J connectivity index is 1.44. The number of methoxy groups -OCH3 is 4. The van der Waals surface area contributed by atoms with Crippen LogP contribution < -0.4 is 41.6 Å². The number of benzene rings is 7. The van der Waals surface area contributed by atoms with E-state index in [0.717, 1.165) is 0 Å². The van der Waals surface area contributed by atoms with Crippen LogP contribution in [0.3, 0.4) is 0 Å². The van der Waals surface area contributed by atoms with E-state index in [1.54, 1.807) is 60.7 Å². The van der Waals surface area contributed by atoms with Gasteiger partial charge in [0.25, 0.3) is 0 Å². The van der Waals surface area contributed by atoms with Crippen LogP contribution in [0.5, 0.6) is 51.7 Å². The van der Waals surface area contributed by atoms with Crippen molar-refractivity contribution < 1.29 is 65.3 Å². The topological polar surface area (TPSA) is 161 Å². The summed E-state index contributed by atoms with van der Waals surface area (Å²) in [6, 6.07) is 44.3. The summed E-state index contributed by atoms with van der Waals surface area (Å²) >= 11 is 0. The Morgan fingerprint density at radius 2 is 0.657 bits per heavy atom. The molecular weight excluding hydrogens is 898 g/mol. The normalized spacial score (nSPS) is 11.0. The minimum Gasteiger partial charge on any atom is -0.493 e. The van der Waals surface area contributed by atoms with Gasteiger partial charge in [0.05, 0.1) is 28.4 Å². The second-order valence-electron chi connectivity index (χ2n) is 14.0. The summed E-state index contributed by atoms with van der Waals surface area (Å²) in [5.74, 6) is 1.81. The number of ether oxygens (including phenoxy) is 4. The van der Waals surface area contributed by atoms with Gasteiger partial charge in [-0.05, 0) is 90.0 Å². The molecule has 0 aliphatic heterocycles. The summed E-state index contributed by atoms with van der Waals surface area (Å²) in [7, 11) is 0.603. The van der Waals surface area contributed by atoms with Crippen LogP contribution >= 0.6 is 17.2 Å². The largest absolute Gasteiger partial charge is 0.530 e. The fourth-order valence-electron chi connectivity index (χ4n) is 6.77. The molecule has 7 rings (SSSR count). The Labute approximate surface area is 388 Å². The molecule has 7 aromatic carbocycles. The Kier molecular flexibility index (Phi) is 15.8. The van der Waals surface area contributed by atoms with Crippen LogP contribution in [0.25, 0.3) is 0 Å². The highest BCUT2D eigenvalue weighted by molar-refractivity contribution is 7.43. The summed E-state index contributed by atoms with van der Waals surface area (Å²) in [5, 5.41) is 0. The fourth-order valence-corrected chi connectivity index (χ4v) is 9.09. The summed E-state index contributed by atoms with van der Waals surface area (Å²) in [6.07, 6.45) is 2.73. The number of hydrogen-bond donors (Lipinski definition) is 0. The van der Waals surface area contributed by atoms with E-state index in [-0.39, 0.29) is 51.7 Å². The first-order valence-electron chi connectivity index (χ1n) is 20.2. The van der Waals surface area contributed by atoms with Gasteiger partial charge in [0, 0.05) is 27.8 Å². The highest BCUT2D eigenvalue weighted by Crippen LogP contribution is 2.58. The Hall–Kier alpha value is -7.76. The molecule has 7 aromatic rings. The fraction of sp³-hybridized carbons (Fsp3) is 0.0980. The maximum Gasteiger partial charge on any atom is 0.530 e. The maximum atomic E-state index is 11.8. The lowest BCUT2D eigenvalue weighted by Crippen LogP contribution is -2.33. The number of carbonyl (C=O) groups excluding carboxylic acids is 4. The standard InChI is InChI=1S/C51H42O14P2/c1-56-47-27-35(31-52)19-23-43(47)61-66(62-44-24-20-36(32-53)28-48(44)57-2)60-42-18-12-11-17-41(42)51(39-13-7-5-8-14-39,40-15-9-6-10-16-40)65-67(63-45-25-21-37(33-54)29-49(45)58-3)64-46-26-22-38(34-55)30-50(46)59-4/h5-34H,1-4H3. The van der Waals surface area contributed by atoms with Gasteiger partial charge in [-0.2, -0.15) is 0 Å². The molecule has 0 heterocycles. The lowest BCUT2D eigenvalue weighted by atomic mass is 9.80. The number of rotatable bonds is 23. The maximum absolute atomic E-state index is 11.8. The molecule has 0 radical (unpaired) electrons. The molecule has 0 saturated carbocycles. The van der Waals surface area contributed by atoms with Crippen LogP contribution in [0.2, 0.25) is 0 Å². The highest BCUT2D eigenvalue weighted by atomic mass is 31.2. The third-order valence-electron chi connectivity index (χ3n) is 10.00. The summed E-state index contributed by atoms with van der Waals surface area (Å²) in [5.41, 5.74) is 1.33. The van der Waals surface area contributed by atoms with Crippen molar-refractivity contribution in [3.8, 4) is 51.7 Å². The first-order chi connectivity index (χ1) is 32.8. The van der Waals surface area contributed by atoms with Gasteiger partial charge in [0.15, 0.2) is 51.6 Å². The Bertz CT molecular complexity index is 2660. The summed E-state index contributed by atoms with van der Waals surface area (Å²) < 4.78 is 63.2. The number of para-hydroxylation sites is 1. The zero-order chi connectivity index (χ0) is 47.2. The average Bonchev–Trinajstić information content (AvgIpc) is 3.38. The van der Waals surface area contributed by atoms with Gasteiger partial charge in [0.2, 0.25) is 0 Å². The Morgan fingerprint density at radius 1 is 0.343 bits per heavy atom. The number of carbonyl (C=O) groups is 4. The first-order valence-corrected chi connectivity index (χ1v) is 22.4. The van der Waals surface area contributed by atoms with Crippen LogP contribution in [0.15, 0.2) is 158 Å². The third-order valence-corrected chi connectivity index (χ3v) is 12.1. The molecule has 0 N–H and O–H groups in total. The zero-order valence-electron chi connectivity index (χ0n) is 36.4. The van der Waals surface area contributed by atoms with E-state index in [1.807, 2.05) is 72.8 Å². The molecule has 0 spiro atoms. The number of hydrogen-bond acceptors (Lipinski definition) is 14. The zero-order valence-corrected chi connectivity index (χ0v) is 38.2. The van der Waals surface area contributed by atoms with Crippen molar-refractivity contribution in [2.75, 3.05) is 28.4 Å². The van der Waals surface area contributed by atoms with E-state index in [2.05, 4.69) is 0 Å². The van der Waals surface area contributed by atoms with Crippen molar-refractivity contribution in [3.05, 3.63) is 197 Å². The van der Waals surface area contributed by atoms with Crippen molar-refractivity contribution in [1.29, 1.82) is 0 Å².